The lowest BCUT2D eigenvalue weighted by molar-refractivity contribution is 0.507. The summed E-state index contributed by atoms with van der Waals surface area (Å²) in [6.07, 6.45) is 1.37. The molecule has 1 aromatic rings. The molecule has 0 radical (unpaired) electrons. The minimum Gasteiger partial charge on any atom is -0.389 e. The number of nitrogens with one attached hydrogen (secondary N) is 1. The van der Waals surface area contributed by atoms with Gasteiger partial charge in [-0.05, 0) is 25.0 Å². The molecule has 7 heteroatoms. The second-order valence-corrected chi connectivity index (χ2v) is 6.56. The Morgan fingerprint density at radius 3 is 2.53 bits per heavy atom. The van der Waals surface area contributed by atoms with Crippen LogP contribution in [0.1, 0.15) is 18.4 Å². The fourth-order valence-corrected chi connectivity index (χ4v) is 3.47. The van der Waals surface area contributed by atoms with Crippen molar-refractivity contribution in [2.45, 2.75) is 18.9 Å². The van der Waals surface area contributed by atoms with Crippen LogP contribution in [0.4, 0.5) is 14.5 Å². The van der Waals surface area contributed by atoms with Crippen LogP contribution in [-0.2, 0) is 10.8 Å². The van der Waals surface area contributed by atoms with E-state index < -0.39 is 22.4 Å². The molecule has 0 atom stereocenters. The topological polar surface area (TPSA) is 55.1 Å². The summed E-state index contributed by atoms with van der Waals surface area (Å²) in [6.45, 7) is 0. The maximum Gasteiger partial charge on any atom is 0.182 e. The molecular weight excluding hydrogens is 290 g/mol. The minimum absolute atomic E-state index is 0.0160. The van der Waals surface area contributed by atoms with Crippen LogP contribution in [0.5, 0.6) is 0 Å². The Morgan fingerprint density at radius 1 is 1.32 bits per heavy atom. The maximum atomic E-state index is 13.8. The van der Waals surface area contributed by atoms with Crippen LogP contribution < -0.4 is 11.1 Å². The highest BCUT2D eigenvalue weighted by molar-refractivity contribution is 7.85. The molecule has 2 rings (SSSR count). The predicted octanol–water partition coefficient (Wildman–Crippen LogP) is 1.92. The van der Waals surface area contributed by atoms with Crippen LogP contribution in [0, 0.1) is 11.6 Å². The minimum atomic E-state index is -1.03. The molecule has 0 aliphatic carbocycles. The van der Waals surface area contributed by atoms with Crippen LogP contribution >= 0.6 is 12.2 Å². The quantitative estimate of drug-likeness (QED) is 0.838. The van der Waals surface area contributed by atoms with E-state index in [1.54, 1.807) is 0 Å². The van der Waals surface area contributed by atoms with Gasteiger partial charge in [0.05, 0.1) is 5.69 Å². The zero-order valence-electron chi connectivity index (χ0n) is 10.1. The molecule has 19 heavy (non-hydrogen) atoms. The largest absolute Gasteiger partial charge is 0.389 e. The van der Waals surface area contributed by atoms with Gasteiger partial charge < -0.3 is 11.1 Å². The zero-order valence-corrected chi connectivity index (χ0v) is 11.8. The number of rotatable bonds is 3. The number of thiocarbonyl (C=S) groups is 1. The third-order valence-electron chi connectivity index (χ3n) is 3.10. The summed E-state index contributed by atoms with van der Waals surface area (Å²) in [5.74, 6) is -0.826. The molecule has 0 aromatic heterocycles. The third-order valence-corrected chi connectivity index (χ3v) is 4.70. The summed E-state index contributed by atoms with van der Waals surface area (Å²) in [5, 5.41) is 2.94. The lowest BCUT2D eigenvalue weighted by Gasteiger charge is -2.24. The molecule has 1 fully saturated rings. The van der Waals surface area contributed by atoms with E-state index in [4.69, 9.17) is 5.73 Å². The number of halogens is 2. The van der Waals surface area contributed by atoms with Gasteiger partial charge in [0.25, 0.3) is 0 Å². The Balaban J connectivity index is 2.15. The highest BCUT2D eigenvalue weighted by atomic mass is 32.2. The van der Waals surface area contributed by atoms with Gasteiger partial charge in [0, 0.05) is 33.9 Å². The second-order valence-electron chi connectivity index (χ2n) is 4.42. The van der Waals surface area contributed by atoms with Gasteiger partial charge in [-0.1, -0.05) is 12.2 Å². The van der Waals surface area contributed by atoms with Crippen molar-refractivity contribution >= 4 is 33.7 Å². The fraction of sp³-hybridized carbons (Fsp3) is 0.417. The summed E-state index contributed by atoms with van der Waals surface area (Å²) in [4.78, 5) is -0.170. The summed E-state index contributed by atoms with van der Waals surface area (Å²) in [5.41, 5.74) is 5.30. The van der Waals surface area contributed by atoms with Gasteiger partial charge in [0.15, 0.2) is 11.6 Å². The number of hydrogen-bond acceptors (Lipinski definition) is 3. The van der Waals surface area contributed by atoms with E-state index in [1.807, 2.05) is 0 Å². The Bertz CT molecular complexity index is 527. The second kappa shape index (κ2) is 5.92. The number of hydrogen-bond donors (Lipinski definition) is 2. The van der Waals surface area contributed by atoms with E-state index in [-0.39, 0.29) is 22.3 Å². The summed E-state index contributed by atoms with van der Waals surface area (Å²) in [6, 6.07) is 2.81. The maximum absolute atomic E-state index is 13.8. The van der Waals surface area contributed by atoms with E-state index in [0.717, 1.165) is 0 Å². The van der Waals surface area contributed by atoms with Crippen molar-refractivity contribution in [2.75, 3.05) is 16.8 Å². The highest BCUT2D eigenvalue weighted by Gasteiger charge is 2.21. The van der Waals surface area contributed by atoms with Gasteiger partial charge in [-0.3, -0.25) is 4.21 Å². The zero-order chi connectivity index (χ0) is 14.0. The van der Waals surface area contributed by atoms with Crippen LogP contribution in [0.25, 0.3) is 0 Å². The van der Waals surface area contributed by atoms with Gasteiger partial charge in [-0.2, -0.15) is 0 Å². The molecule has 0 spiro atoms. The Labute approximate surface area is 118 Å². The summed E-state index contributed by atoms with van der Waals surface area (Å²) >= 11 is 4.64. The molecule has 1 aliphatic rings. The Morgan fingerprint density at radius 2 is 1.95 bits per heavy atom. The number of benzene rings is 1. The Kier molecular flexibility index (Phi) is 4.46. The van der Waals surface area contributed by atoms with Gasteiger partial charge in [0.1, 0.15) is 4.99 Å². The molecular formula is C12H14F2N2OS2. The van der Waals surface area contributed by atoms with Crippen LogP contribution in [-0.4, -0.2) is 26.7 Å². The first-order valence-corrected chi connectivity index (χ1v) is 7.78. The van der Waals surface area contributed by atoms with Crippen LogP contribution in [0.2, 0.25) is 0 Å². The lowest BCUT2D eigenvalue weighted by atomic mass is 10.1. The molecule has 0 amide bonds. The highest BCUT2D eigenvalue weighted by Crippen LogP contribution is 2.23. The number of anilines is 1. The molecule has 1 heterocycles. The van der Waals surface area contributed by atoms with Gasteiger partial charge in [0.2, 0.25) is 0 Å². The van der Waals surface area contributed by atoms with E-state index in [9.17, 15) is 13.0 Å². The fourth-order valence-electron chi connectivity index (χ4n) is 2.01. The third kappa shape index (κ3) is 3.27. The lowest BCUT2D eigenvalue weighted by Crippen LogP contribution is -2.30. The standard InChI is InChI=1S/C12H14F2N2OS2/c13-10-8(12(15)18)1-2-9(11(10)14)16-7-3-5-19(17)6-4-7/h1-2,7,16H,3-6H2,(H2,15,18). The predicted molar refractivity (Wildman–Crippen MR) is 76.8 cm³/mol. The van der Waals surface area contributed by atoms with Crippen molar-refractivity contribution in [1.82, 2.24) is 0 Å². The summed E-state index contributed by atoms with van der Waals surface area (Å²) in [7, 11) is -0.780. The molecule has 1 saturated heterocycles. The van der Waals surface area contributed by atoms with Crippen molar-refractivity contribution in [3.8, 4) is 0 Å². The first-order chi connectivity index (χ1) is 8.99. The van der Waals surface area contributed by atoms with E-state index in [0.29, 0.717) is 24.3 Å². The summed E-state index contributed by atoms with van der Waals surface area (Å²) < 4.78 is 38.8. The normalized spacial score (nSPS) is 23.1. The molecule has 0 unspecified atom stereocenters. The van der Waals surface area contributed by atoms with Crippen LogP contribution in [0.15, 0.2) is 12.1 Å². The van der Waals surface area contributed by atoms with Crippen molar-refractivity contribution < 1.29 is 13.0 Å². The molecule has 0 saturated carbocycles. The average molecular weight is 304 g/mol. The van der Waals surface area contributed by atoms with Crippen molar-refractivity contribution in [1.29, 1.82) is 0 Å². The van der Waals surface area contributed by atoms with E-state index in [2.05, 4.69) is 17.5 Å². The SMILES string of the molecule is NC(=S)c1ccc(NC2CCS(=O)CC2)c(F)c1F. The molecule has 1 aliphatic heterocycles. The van der Waals surface area contributed by atoms with Crippen molar-refractivity contribution in [3.63, 3.8) is 0 Å². The molecule has 3 nitrogen and oxygen atoms in total. The van der Waals surface area contributed by atoms with Crippen molar-refractivity contribution in [2.24, 2.45) is 5.73 Å². The molecule has 104 valence electrons. The van der Waals surface area contributed by atoms with Gasteiger partial charge in [-0.15, -0.1) is 0 Å². The average Bonchev–Trinajstić information content (AvgIpc) is 2.37. The van der Waals surface area contributed by atoms with E-state index >= 15 is 0 Å². The smallest absolute Gasteiger partial charge is 0.182 e. The Hall–Kier alpha value is -1.08. The van der Waals surface area contributed by atoms with Gasteiger partial charge in [-0.25, -0.2) is 8.78 Å². The first kappa shape index (κ1) is 14.3. The first-order valence-electron chi connectivity index (χ1n) is 5.88. The number of nitrogens with two attached hydrogens (primary N) is 1. The van der Waals surface area contributed by atoms with Crippen molar-refractivity contribution in [3.05, 3.63) is 29.3 Å². The monoisotopic (exact) mass is 304 g/mol. The molecule has 0 bridgehead atoms. The molecule has 1 aromatic carbocycles. The van der Waals surface area contributed by atoms with E-state index in [1.165, 1.54) is 12.1 Å². The molecule has 3 N–H and O–H groups in total. The van der Waals surface area contributed by atoms with Gasteiger partial charge >= 0.3 is 0 Å². The van der Waals surface area contributed by atoms with Crippen LogP contribution in [0.3, 0.4) is 0 Å².